The summed E-state index contributed by atoms with van der Waals surface area (Å²) < 4.78 is 5.63. The van der Waals surface area contributed by atoms with Crippen molar-refractivity contribution >= 4 is 5.78 Å². The van der Waals surface area contributed by atoms with E-state index >= 15 is 0 Å². The Balaban J connectivity index is 1.39. The van der Waals surface area contributed by atoms with Crippen LogP contribution in [0.1, 0.15) is 26.3 Å². The summed E-state index contributed by atoms with van der Waals surface area (Å²) in [4.78, 5) is 16.9. The zero-order valence-electron chi connectivity index (χ0n) is 17.1. The number of Topliss-reactive ketones (excluding diaryl/α,β-unsaturated/α-hetero) is 1. The first-order valence-corrected chi connectivity index (χ1v) is 10.0. The van der Waals surface area contributed by atoms with Gasteiger partial charge < -0.3 is 9.84 Å². The second-order valence-corrected chi connectivity index (χ2v) is 9.21. The molecule has 3 atom stereocenters. The summed E-state index contributed by atoms with van der Waals surface area (Å²) in [5, 5.41) is 19.1. The molecule has 2 heterocycles. The number of benzene rings is 1. The largest absolute Gasteiger partial charge is 0.491 e. The molecule has 0 spiro atoms. The molecule has 3 rings (SSSR count). The molecule has 2 fully saturated rings. The summed E-state index contributed by atoms with van der Waals surface area (Å²) in [6.07, 6.45) is -0.548. The van der Waals surface area contributed by atoms with E-state index in [1.165, 1.54) is 0 Å². The van der Waals surface area contributed by atoms with Gasteiger partial charge >= 0.3 is 0 Å². The Bertz CT molecular complexity index is 706. The predicted octanol–water partition coefficient (Wildman–Crippen LogP) is 1.78. The van der Waals surface area contributed by atoms with Gasteiger partial charge in [0.25, 0.3) is 0 Å². The molecule has 0 aliphatic carbocycles. The maximum atomic E-state index is 12.3. The van der Waals surface area contributed by atoms with E-state index in [0.717, 1.165) is 26.2 Å². The van der Waals surface area contributed by atoms with Crippen molar-refractivity contribution in [1.29, 1.82) is 5.26 Å². The zero-order valence-corrected chi connectivity index (χ0v) is 17.1. The van der Waals surface area contributed by atoms with Crippen LogP contribution in [-0.4, -0.2) is 72.7 Å². The first-order valence-electron chi connectivity index (χ1n) is 10.0. The number of nitrogens with zero attached hydrogens (tertiary/aromatic N) is 3. The normalized spacial score (nSPS) is 24.0. The zero-order chi connectivity index (χ0) is 20.3. The number of ether oxygens (including phenoxy) is 1. The van der Waals surface area contributed by atoms with Gasteiger partial charge in [-0.2, -0.15) is 5.26 Å². The van der Waals surface area contributed by atoms with E-state index in [0.29, 0.717) is 42.0 Å². The number of rotatable bonds is 7. The molecule has 2 aliphatic heterocycles. The van der Waals surface area contributed by atoms with E-state index in [2.05, 4.69) is 15.9 Å². The minimum atomic E-state index is -0.548. The number of ketones is 1. The Labute approximate surface area is 167 Å². The second-order valence-electron chi connectivity index (χ2n) is 9.21. The molecule has 28 heavy (non-hydrogen) atoms. The summed E-state index contributed by atoms with van der Waals surface area (Å²) in [6, 6.07) is 8.99. The SMILES string of the molecule is CC(C)(C)C(=O)CN1CC2CN(C[C@@H](O)COc3ccc(C#N)cc3)CC2C1. The molecule has 2 unspecified atom stereocenters. The number of likely N-dealkylation sites (tertiary alicyclic amines) is 2. The third-order valence-electron chi connectivity index (χ3n) is 5.74. The smallest absolute Gasteiger partial charge is 0.152 e. The Morgan fingerprint density at radius 2 is 1.75 bits per heavy atom. The fraction of sp³-hybridized carbons (Fsp3) is 0.636. The van der Waals surface area contributed by atoms with Crippen LogP contribution in [0.3, 0.4) is 0 Å². The van der Waals surface area contributed by atoms with E-state index in [1.54, 1.807) is 24.3 Å². The molecule has 0 saturated carbocycles. The Morgan fingerprint density at radius 3 is 2.29 bits per heavy atom. The number of hydrogen-bond donors (Lipinski definition) is 1. The number of carbonyl (C=O) groups is 1. The van der Waals surface area contributed by atoms with Crippen LogP contribution in [0.25, 0.3) is 0 Å². The summed E-state index contributed by atoms with van der Waals surface area (Å²) in [6.45, 7) is 11.2. The number of aliphatic hydroxyl groups excluding tert-OH is 1. The van der Waals surface area contributed by atoms with Crippen molar-refractivity contribution in [3.8, 4) is 11.8 Å². The first kappa shape index (κ1) is 20.8. The molecular formula is C22H31N3O3. The van der Waals surface area contributed by atoms with Crippen molar-refractivity contribution < 1.29 is 14.6 Å². The van der Waals surface area contributed by atoms with Gasteiger partial charge in [0.05, 0.1) is 18.2 Å². The van der Waals surface area contributed by atoms with Crippen LogP contribution in [0.2, 0.25) is 0 Å². The van der Waals surface area contributed by atoms with Crippen LogP contribution in [0, 0.1) is 28.6 Å². The van der Waals surface area contributed by atoms with Gasteiger partial charge in [-0.25, -0.2) is 0 Å². The van der Waals surface area contributed by atoms with E-state index in [9.17, 15) is 9.90 Å². The van der Waals surface area contributed by atoms with Gasteiger partial charge in [-0.15, -0.1) is 0 Å². The van der Waals surface area contributed by atoms with Crippen molar-refractivity contribution in [2.45, 2.75) is 26.9 Å². The number of β-amino-alcohol motifs (C(OH)–C–C–N with tert-alkyl or cyclic N) is 1. The number of aliphatic hydroxyl groups is 1. The quantitative estimate of drug-likeness (QED) is 0.771. The average molecular weight is 386 g/mol. The third kappa shape index (κ3) is 5.32. The Morgan fingerprint density at radius 1 is 1.18 bits per heavy atom. The highest BCUT2D eigenvalue weighted by Gasteiger charge is 2.41. The van der Waals surface area contributed by atoms with E-state index < -0.39 is 6.10 Å². The maximum absolute atomic E-state index is 12.3. The lowest BCUT2D eigenvalue weighted by molar-refractivity contribution is -0.127. The van der Waals surface area contributed by atoms with Crippen molar-refractivity contribution in [3.05, 3.63) is 29.8 Å². The topological polar surface area (TPSA) is 76.8 Å². The molecular weight excluding hydrogens is 354 g/mol. The molecule has 0 bridgehead atoms. The Hall–Kier alpha value is -1.94. The highest BCUT2D eigenvalue weighted by atomic mass is 16.5. The molecule has 0 amide bonds. The molecule has 0 aromatic heterocycles. The lowest BCUT2D eigenvalue weighted by Crippen LogP contribution is -2.39. The van der Waals surface area contributed by atoms with Crippen LogP contribution >= 0.6 is 0 Å². The fourth-order valence-electron chi connectivity index (χ4n) is 4.07. The van der Waals surface area contributed by atoms with Crippen LogP contribution in [0.5, 0.6) is 5.75 Å². The van der Waals surface area contributed by atoms with Gasteiger partial charge in [-0.3, -0.25) is 14.6 Å². The van der Waals surface area contributed by atoms with Crippen LogP contribution < -0.4 is 4.74 Å². The second kappa shape index (κ2) is 8.60. The maximum Gasteiger partial charge on any atom is 0.152 e. The molecule has 6 nitrogen and oxygen atoms in total. The molecule has 2 aliphatic rings. The lowest BCUT2D eigenvalue weighted by atomic mass is 9.90. The van der Waals surface area contributed by atoms with Crippen molar-refractivity contribution in [2.75, 3.05) is 45.9 Å². The minimum absolute atomic E-state index is 0.240. The first-order chi connectivity index (χ1) is 13.2. The summed E-state index contributed by atoms with van der Waals surface area (Å²) in [5.74, 6) is 2.13. The number of carbonyl (C=O) groups excluding carboxylic acids is 1. The van der Waals surface area contributed by atoms with E-state index in [-0.39, 0.29) is 12.0 Å². The van der Waals surface area contributed by atoms with E-state index in [1.807, 2.05) is 20.8 Å². The van der Waals surface area contributed by atoms with Crippen LogP contribution in [-0.2, 0) is 4.79 Å². The molecule has 6 heteroatoms. The molecule has 1 aromatic rings. The Kier molecular flexibility index (Phi) is 6.39. The molecule has 0 radical (unpaired) electrons. The van der Waals surface area contributed by atoms with Gasteiger partial charge in [0.2, 0.25) is 0 Å². The van der Waals surface area contributed by atoms with Gasteiger partial charge in [-0.05, 0) is 36.1 Å². The standard InChI is InChI=1S/C22H31N3O3/c1-22(2,3)21(27)14-25-11-17-9-24(10-18(17)12-25)13-19(26)15-28-20-6-4-16(8-23)5-7-20/h4-7,17-19,26H,9-15H2,1-3H3/t17?,18?,19-/m1/s1. The van der Waals surface area contributed by atoms with Gasteiger partial charge in [-0.1, -0.05) is 20.8 Å². The predicted molar refractivity (Wildman–Crippen MR) is 107 cm³/mol. The highest BCUT2D eigenvalue weighted by molar-refractivity contribution is 5.85. The summed E-state index contributed by atoms with van der Waals surface area (Å²) in [7, 11) is 0. The summed E-state index contributed by atoms with van der Waals surface area (Å²) in [5.41, 5.74) is 0.317. The van der Waals surface area contributed by atoms with Gasteiger partial charge in [0, 0.05) is 38.1 Å². The lowest BCUT2D eigenvalue weighted by Gasteiger charge is -2.25. The van der Waals surface area contributed by atoms with Crippen molar-refractivity contribution in [2.24, 2.45) is 17.3 Å². The molecule has 1 aromatic carbocycles. The molecule has 1 N–H and O–H groups in total. The van der Waals surface area contributed by atoms with Crippen LogP contribution in [0.15, 0.2) is 24.3 Å². The average Bonchev–Trinajstić information content (AvgIpc) is 3.17. The monoisotopic (exact) mass is 385 g/mol. The summed E-state index contributed by atoms with van der Waals surface area (Å²) >= 11 is 0. The van der Waals surface area contributed by atoms with Crippen molar-refractivity contribution in [3.63, 3.8) is 0 Å². The molecule has 2 saturated heterocycles. The minimum Gasteiger partial charge on any atom is -0.491 e. The number of fused-ring (bicyclic) bond motifs is 1. The number of nitriles is 1. The van der Waals surface area contributed by atoms with Gasteiger partial charge in [0.1, 0.15) is 18.5 Å². The molecule has 152 valence electrons. The van der Waals surface area contributed by atoms with Gasteiger partial charge in [0.15, 0.2) is 5.78 Å². The fourth-order valence-corrected chi connectivity index (χ4v) is 4.07. The van der Waals surface area contributed by atoms with Crippen molar-refractivity contribution in [1.82, 2.24) is 9.80 Å². The third-order valence-corrected chi connectivity index (χ3v) is 5.74. The van der Waals surface area contributed by atoms with Crippen LogP contribution in [0.4, 0.5) is 0 Å². The number of hydrogen-bond acceptors (Lipinski definition) is 6. The highest BCUT2D eigenvalue weighted by Crippen LogP contribution is 2.31. The van der Waals surface area contributed by atoms with E-state index in [4.69, 9.17) is 10.00 Å².